The fourth-order valence-electron chi connectivity index (χ4n) is 8.97. The van der Waals surface area contributed by atoms with E-state index in [1.807, 2.05) is 13.8 Å². The third-order valence-electron chi connectivity index (χ3n) is 11.2. The molecule has 3 saturated carbocycles. The first-order valence-electron chi connectivity index (χ1n) is 13.7. The minimum Gasteiger partial charge on any atom is -0.390 e. The lowest BCUT2D eigenvalue weighted by Gasteiger charge is -2.61. The van der Waals surface area contributed by atoms with Gasteiger partial charge >= 0.3 is 0 Å². The van der Waals surface area contributed by atoms with Gasteiger partial charge in [-0.05, 0) is 76.0 Å². The average molecular weight is 492 g/mol. The van der Waals surface area contributed by atoms with Crippen molar-refractivity contribution in [1.82, 2.24) is 0 Å². The number of aliphatic hydroxyl groups excluding tert-OH is 1. The zero-order chi connectivity index (χ0) is 25.3. The molecule has 0 unspecified atom stereocenters. The highest BCUT2D eigenvalue weighted by atomic mass is 16.7. The number of rotatable bonds is 4. The quantitative estimate of drug-likeness (QED) is 0.518. The Morgan fingerprint density at radius 2 is 1.94 bits per heavy atom. The molecule has 5 aliphatic rings. The molecule has 4 N–H and O–H groups in total. The first-order chi connectivity index (χ1) is 16.5. The van der Waals surface area contributed by atoms with Crippen molar-refractivity contribution in [1.29, 1.82) is 0 Å². The highest BCUT2D eigenvalue weighted by Crippen LogP contribution is 2.68. The van der Waals surface area contributed by atoms with Gasteiger partial charge in [0.1, 0.15) is 5.78 Å². The molecule has 0 spiro atoms. The van der Waals surface area contributed by atoms with Gasteiger partial charge in [-0.25, -0.2) is 0 Å². The summed E-state index contributed by atoms with van der Waals surface area (Å²) < 4.78 is 18.1. The maximum atomic E-state index is 12.4. The zero-order valence-corrected chi connectivity index (χ0v) is 22.0. The van der Waals surface area contributed by atoms with E-state index in [0.29, 0.717) is 18.8 Å². The average Bonchev–Trinajstić information content (AvgIpc) is 3.03. The summed E-state index contributed by atoms with van der Waals surface area (Å²) in [7, 11) is 1.69. The number of hydrogen-bond donors (Lipinski definition) is 3. The van der Waals surface area contributed by atoms with Gasteiger partial charge in [0.15, 0.2) is 6.29 Å². The largest absolute Gasteiger partial charge is 0.390 e. The number of carbonyl (C=O) groups excluding carboxylic acids is 1. The summed E-state index contributed by atoms with van der Waals surface area (Å²) in [5.74, 6) is 0.0856. The van der Waals surface area contributed by atoms with Crippen LogP contribution in [0.2, 0.25) is 0 Å². The van der Waals surface area contributed by atoms with Crippen LogP contribution in [0.15, 0.2) is 11.6 Å². The van der Waals surface area contributed by atoms with Crippen LogP contribution in [0.1, 0.15) is 79.1 Å². The van der Waals surface area contributed by atoms with Crippen LogP contribution in [-0.2, 0) is 19.0 Å². The number of methoxy groups -OCH3 is 1. The van der Waals surface area contributed by atoms with Gasteiger partial charge < -0.3 is 30.2 Å². The van der Waals surface area contributed by atoms with Gasteiger partial charge in [-0.15, -0.1) is 0 Å². The minimum atomic E-state index is -1.22. The number of aliphatic hydroxyl groups is 2. The molecule has 0 radical (unpaired) electrons. The van der Waals surface area contributed by atoms with E-state index >= 15 is 0 Å². The standard InChI is InChI=1S/C28H45NO6/c1-15(30)21-13-23(31)28(32)20-7-6-17-12-18(35-24-14-22(33-5)25(29)16(2)34-24)8-10-26(17,3)19(20)9-11-27(21,28)4/h6,16,18-25,31-32H,7-14,29H2,1-5H3/t16-,18+,19+,20-,21-,22+,23+,24+,25-,26+,27-,28-/m1/s1. The maximum absolute atomic E-state index is 12.4. The molecule has 1 saturated heterocycles. The number of allylic oxidation sites excluding steroid dienone is 1. The molecule has 0 aromatic carbocycles. The predicted octanol–water partition coefficient (Wildman–Crippen LogP) is 3.10. The van der Waals surface area contributed by atoms with Crippen LogP contribution in [0.4, 0.5) is 0 Å². The number of hydrogen-bond acceptors (Lipinski definition) is 7. The van der Waals surface area contributed by atoms with Gasteiger partial charge in [0.25, 0.3) is 0 Å². The molecule has 1 aliphatic heterocycles. The molecule has 1 heterocycles. The third-order valence-corrected chi connectivity index (χ3v) is 11.2. The zero-order valence-electron chi connectivity index (χ0n) is 22.0. The van der Waals surface area contributed by atoms with Gasteiger partial charge in [0, 0.05) is 24.9 Å². The van der Waals surface area contributed by atoms with Crippen LogP contribution >= 0.6 is 0 Å². The fraction of sp³-hybridized carbons (Fsp3) is 0.893. The van der Waals surface area contributed by atoms with Gasteiger partial charge in [-0.3, -0.25) is 4.79 Å². The molecule has 7 nitrogen and oxygen atoms in total. The van der Waals surface area contributed by atoms with E-state index in [1.54, 1.807) is 14.0 Å². The summed E-state index contributed by atoms with van der Waals surface area (Å²) in [5, 5.41) is 23.2. The Balaban J connectivity index is 1.33. The summed E-state index contributed by atoms with van der Waals surface area (Å²) in [4.78, 5) is 12.4. The van der Waals surface area contributed by atoms with E-state index < -0.39 is 17.1 Å². The lowest BCUT2D eigenvalue weighted by Crippen LogP contribution is -2.64. The van der Waals surface area contributed by atoms with Gasteiger partial charge in [0.2, 0.25) is 0 Å². The van der Waals surface area contributed by atoms with Crippen molar-refractivity contribution in [2.45, 2.75) is 121 Å². The van der Waals surface area contributed by atoms with Crippen LogP contribution in [0, 0.1) is 28.6 Å². The smallest absolute Gasteiger partial charge is 0.160 e. The Morgan fingerprint density at radius 1 is 1.20 bits per heavy atom. The number of Topliss-reactive ketones (excluding diaryl/α,β-unsaturated/α-hetero) is 1. The molecule has 0 amide bonds. The number of ketones is 1. The molecule has 0 aromatic heterocycles. The number of nitrogens with two attached hydrogens (primary N) is 1. The molecule has 0 bridgehead atoms. The van der Waals surface area contributed by atoms with E-state index in [2.05, 4.69) is 13.0 Å². The monoisotopic (exact) mass is 491 g/mol. The Kier molecular flexibility index (Phi) is 6.55. The summed E-state index contributed by atoms with van der Waals surface area (Å²) in [6.07, 6.45) is 7.36. The second-order valence-electron chi connectivity index (χ2n) is 12.7. The van der Waals surface area contributed by atoms with E-state index in [-0.39, 0.29) is 53.7 Å². The molecule has 35 heavy (non-hydrogen) atoms. The van der Waals surface area contributed by atoms with Crippen molar-refractivity contribution >= 4 is 5.78 Å². The van der Waals surface area contributed by atoms with Crippen molar-refractivity contribution in [3.63, 3.8) is 0 Å². The SMILES string of the molecule is CO[C@H]1C[C@H](O[C@H]2CC[C@@]3(C)C(=CC[C@@H]4[C@@H]3CC[C@]3(C)[C@@H](C(C)=O)C[C@H](O)[C@]43O)C2)O[C@H](C)[C@H]1N. The molecule has 0 aromatic rings. The van der Waals surface area contributed by atoms with Crippen molar-refractivity contribution < 1.29 is 29.2 Å². The minimum absolute atomic E-state index is 0.0218. The molecule has 5 rings (SSSR count). The highest BCUT2D eigenvalue weighted by molar-refractivity contribution is 5.80. The van der Waals surface area contributed by atoms with Gasteiger partial charge in [0.05, 0.1) is 36.1 Å². The summed E-state index contributed by atoms with van der Waals surface area (Å²) >= 11 is 0. The van der Waals surface area contributed by atoms with E-state index in [0.717, 1.165) is 38.5 Å². The summed E-state index contributed by atoms with van der Waals surface area (Å²) in [6, 6.07) is -0.149. The van der Waals surface area contributed by atoms with Crippen molar-refractivity contribution in [3.8, 4) is 0 Å². The Morgan fingerprint density at radius 3 is 2.63 bits per heavy atom. The van der Waals surface area contributed by atoms with Crippen LogP contribution < -0.4 is 5.73 Å². The third kappa shape index (κ3) is 3.71. The number of fused-ring (bicyclic) bond motifs is 5. The van der Waals surface area contributed by atoms with Crippen molar-refractivity contribution in [3.05, 3.63) is 11.6 Å². The summed E-state index contributed by atoms with van der Waals surface area (Å²) in [6.45, 7) is 7.98. The number of carbonyl (C=O) groups is 1. The van der Waals surface area contributed by atoms with Crippen LogP contribution in [0.25, 0.3) is 0 Å². The highest BCUT2D eigenvalue weighted by Gasteiger charge is 2.70. The van der Waals surface area contributed by atoms with E-state index in [1.165, 1.54) is 5.57 Å². The van der Waals surface area contributed by atoms with Crippen LogP contribution in [0.3, 0.4) is 0 Å². The normalized spacial score (nSPS) is 53.8. The van der Waals surface area contributed by atoms with Crippen molar-refractivity contribution in [2.75, 3.05) is 7.11 Å². The maximum Gasteiger partial charge on any atom is 0.160 e. The first kappa shape index (κ1) is 25.8. The molecule has 12 atom stereocenters. The first-order valence-corrected chi connectivity index (χ1v) is 13.7. The predicted molar refractivity (Wildman–Crippen MR) is 131 cm³/mol. The van der Waals surface area contributed by atoms with Crippen LogP contribution in [0.5, 0.6) is 0 Å². The number of ether oxygens (including phenoxy) is 3. The molecule has 4 fully saturated rings. The Bertz CT molecular complexity index is 878. The molecule has 4 aliphatic carbocycles. The Hall–Kier alpha value is -0.830. The molecule has 7 heteroatoms. The molecular weight excluding hydrogens is 446 g/mol. The van der Waals surface area contributed by atoms with Gasteiger partial charge in [-0.2, -0.15) is 0 Å². The second-order valence-corrected chi connectivity index (χ2v) is 12.7. The molecular formula is C28H45NO6. The van der Waals surface area contributed by atoms with E-state index in [9.17, 15) is 15.0 Å². The van der Waals surface area contributed by atoms with Crippen molar-refractivity contribution in [2.24, 2.45) is 34.3 Å². The second kappa shape index (κ2) is 8.88. The lowest BCUT2D eigenvalue weighted by molar-refractivity contribution is -0.244. The molecule has 198 valence electrons. The summed E-state index contributed by atoms with van der Waals surface area (Å²) in [5.41, 5.74) is 5.83. The van der Waals surface area contributed by atoms with Crippen LogP contribution in [-0.4, -0.2) is 65.5 Å². The topological polar surface area (TPSA) is 111 Å². The van der Waals surface area contributed by atoms with Gasteiger partial charge in [-0.1, -0.05) is 25.5 Å². The Labute approximate surface area is 209 Å². The fourth-order valence-corrected chi connectivity index (χ4v) is 8.97. The van der Waals surface area contributed by atoms with E-state index in [4.69, 9.17) is 19.9 Å². The lowest BCUT2D eigenvalue weighted by atomic mass is 9.45.